The van der Waals surface area contributed by atoms with Crippen molar-refractivity contribution in [2.24, 2.45) is 0 Å². The van der Waals surface area contributed by atoms with Crippen LogP contribution >= 0.6 is 0 Å². The van der Waals surface area contributed by atoms with Gasteiger partial charge in [-0.25, -0.2) is 13.1 Å². The van der Waals surface area contributed by atoms with Gasteiger partial charge in [-0.05, 0) is 24.6 Å². The highest BCUT2D eigenvalue weighted by molar-refractivity contribution is 7.89. The number of esters is 1. The molecule has 0 heterocycles. The number of nitrogens with one attached hydrogen (secondary N) is 1. The Hall–Kier alpha value is -2.18. The van der Waals surface area contributed by atoms with Crippen LogP contribution in [0.4, 0.5) is 0 Å². The predicted molar refractivity (Wildman–Crippen MR) is 87.3 cm³/mol. The second-order valence-corrected chi connectivity index (χ2v) is 6.94. The van der Waals surface area contributed by atoms with E-state index < -0.39 is 22.1 Å². The van der Waals surface area contributed by atoms with E-state index in [2.05, 4.69) is 4.72 Å². The lowest BCUT2D eigenvalue weighted by molar-refractivity contribution is -0.146. The Morgan fingerprint density at radius 2 is 1.70 bits per heavy atom. The van der Waals surface area contributed by atoms with E-state index in [9.17, 15) is 13.2 Å². The predicted octanol–water partition coefficient (Wildman–Crippen LogP) is 2.58. The van der Waals surface area contributed by atoms with Gasteiger partial charge in [0.15, 0.2) is 0 Å². The van der Waals surface area contributed by atoms with Gasteiger partial charge >= 0.3 is 5.97 Å². The number of sulfonamides is 1. The summed E-state index contributed by atoms with van der Waals surface area (Å²) in [6.45, 7) is 3.15. The average molecular weight is 333 g/mol. The van der Waals surface area contributed by atoms with Crippen molar-refractivity contribution in [3.05, 3.63) is 65.7 Å². The second kappa shape index (κ2) is 7.39. The minimum Gasteiger partial charge on any atom is -0.456 e. The van der Waals surface area contributed by atoms with Crippen LogP contribution in [0.5, 0.6) is 0 Å². The number of carbonyl (C=O) groups excluding carboxylic acids is 1. The van der Waals surface area contributed by atoms with Gasteiger partial charge in [0.05, 0.1) is 11.4 Å². The Bertz CT molecular complexity index is 755. The molecule has 0 fully saturated rings. The zero-order valence-corrected chi connectivity index (χ0v) is 13.8. The van der Waals surface area contributed by atoms with E-state index in [0.717, 1.165) is 11.1 Å². The molecule has 2 aromatic carbocycles. The molecule has 1 N–H and O–H groups in total. The number of carbonyl (C=O) groups is 1. The summed E-state index contributed by atoms with van der Waals surface area (Å²) in [4.78, 5) is 11.4. The van der Waals surface area contributed by atoms with Crippen molar-refractivity contribution < 1.29 is 17.9 Å². The average Bonchev–Trinajstić information content (AvgIpc) is 2.52. The van der Waals surface area contributed by atoms with Crippen LogP contribution in [0.3, 0.4) is 0 Å². The molecule has 0 saturated heterocycles. The highest BCUT2D eigenvalue weighted by Gasteiger charge is 2.20. The molecular weight excluding hydrogens is 314 g/mol. The lowest BCUT2D eigenvalue weighted by Gasteiger charge is -2.18. The van der Waals surface area contributed by atoms with Crippen molar-refractivity contribution >= 4 is 16.0 Å². The first-order valence-corrected chi connectivity index (χ1v) is 8.65. The molecule has 0 saturated carbocycles. The fourth-order valence-corrected chi connectivity index (χ4v) is 3.11. The summed E-state index contributed by atoms with van der Waals surface area (Å²) in [6.07, 6.45) is -0.672. The third-order valence-electron chi connectivity index (χ3n) is 3.27. The topological polar surface area (TPSA) is 72.5 Å². The van der Waals surface area contributed by atoms with E-state index in [4.69, 9.17) is 4.74 Å². The Morgan fingerprint density at radius 1 is 1.09 bits per heavy atom. The molecule has 2 rings (SSSR count). The van der Waals surface area contributed by atoms with E-state index in [1.807, 2.05) is 13.0 Å². The lowest BCUT2D eigenvalue weighted by atomic mass is 10.1. The van der Waals surface area contributed by atoms with Crippen molar-refractivity contribution in [3.8, 4) is 0 Å². The molecule has 0 bridgehead atoms. The minimum atomic E-state index is -3.66. The number of benzene rings is 2. The molecule has 0 aliphatic rings. The molecule has 1 atom stereocenters. The summed E-state index contributed by atoms with van der Waals surface area (Å²) >= 11 is 0. The molecule has 0 unspecified atom stereocenters. The third-order valence-corrected chi connectivity index (χ3v) is 4.71. The first-order chi connectivity index (χ1) is 10.9. The van der Waals surface area contributed by atoms with Crippen LogP contribution in [0.25, 0.3) is 0 Å². The first kappa shape index (κ1) is 17.2. The third kappa shape index (κ3) is 4.91. The molecule has 5 nitrogen and oxygen atoms in total. The normalized spacial score (nSPS) is 12.6. The molecule has 0 spiro atoms. The first-order valence-electron chi connectivity index (χ1n) is 7.17. The molecule has 0 aliphatic heterocycles. The Kier molecular flexibility index (Phi) is 5.52. The highest BCUT2D eigenvalue weighted by atomic mass is 32.2. The quantitative estimate of drug-likeness (QED) is 0.825. The van der Waals surface area contributed by atoms with Crippen LogP contribution in [-0.2, 0) is 19.6 Å². The number of rotatable bonds is 6. The SMILES string of the molecule is CC(=O)O[C@H](CNS(=O)(=O)c1ccc(C)cc1)c1ccccc1. The summed E-state index contributed by atoms with van der Waals surface area (Å²) in [7, 11) is -3.66. The Morgan fingerprint density at radius 3 is 2.26 bits per heavy atom. The van der Waals surface area contributed by atoms with Gasteiger partial charge < -0.3 is 4.74 Å². The summed E-state index contributed by atoms with van der Waals surface area (Å²) in [6, 6.07) is 15.6. The molecule has 0 radical (unpaired) electrons. The molecule has 23 heavy (non-hydrogen) atoms. The van der Waals surface area contributed by atoms with Crippen LogP contribution in [0.2, 0.25) is 0 Å². The largest absolute Gasteiger partial charge is 0.456 e. The van der Waals surface area contributed by atoms with Crippen molar-refractivity contribution in [1.82, 2.24) is 4.72 Å². The van der Waals surface area contributed by atoms with Crippen molar-refractivity contribution in [1.29, 1.82) is 0 Å². The number of aryl methyl sites for hydroxylation is 1. The standard InChI is InChI=1S/C17H19NO4S/c1-13-8-10-16(11-9-13)23(20,21)18-12-17(22-14(2)19)15-6-4-3-5-7-15/h3-11,17-18H,12H2,1-2H3/t17-/m1/s1. The second-order valence-electron chi connectivity index (χ2n) is 5.17. The van der Waals surface area contributed by atoms with E-state index in [1.165, 1.54) is 6.92 Å². The van der Waals surface area contributed by atoms with Gasteiger partial charge in [-0.3, -0.25) is 4.79 Å². The van der Waals surface area contributed by atoms with Crippen LogP contribution in [0.15, 0.2) is 59.5 Å². The molecule has 6 heteroatoms. The van der Waals surface area contributed by atoms with Gasteiger partial charge in [0.1, 0.15) is 6.10 Å². The smallest absolute Gasteiger partial charge is 0.303 e. The van der Waals surface area contributed by atoms with E-state index in [-0.39, 0.29) is 11.4 Å². The maximum absolute atomic E-state index is 12.3. The number of ether oxygens (including phenoxy) is 1. The van der Waals surface area contributed by atoms with Gasteiger partial charge in [-0.15, -0.1) is 0 Å². The van der Waals surface area contributed by atoms with Crippen molar-refractivity contribution in [2.45, 2.75) is 24.8 Å². The van der Waals surface area contributed by atoms with E-state index >= 15 is 0 Å². The van der Waals surface area contributed by atoms with Crippen LogP contribution in [0.1, 0.15) is 24.2 Å². The van der Waals surface area contributed by atoms with Gasteiger partial charge in [-0.1, -0.05) is 48.0 Å². The van der Waals surface area contributed by atoms with Crippen LogP contribution < -0.4 is 4.72 Å². The minimum absolute atomic E-state index is 0.0280. The lowest BCUT2D eigenvalue weighted by Crippen LogP contribution is -2.30. The molecular formula is C17H19NO4S. The van der Waals surface area contributed by atoms with Gasteiger partial charge in [0.2, 0.25) is 10.0 Å². The number of hydrogen-bond acceptors (Lipinski definition) is 4. The maximum Gasteiger partial charge on any atom is 0.303 e. The van der Waals surface area contributed by atoms with Gasteiger partial charge in [0.25, 0.3) is 0 Å². The fourth-order valence-electron chi connectivity index (χ4n) is 2.08. The monoisotopic (exact) mass is 333 g/mol. The Balaban J connectivity index is 2.14. The molecule has 0 amide bonds. The van der Waals surface area contributed by atoms with Gasteiger partial charge in [0, 0.05) is 6.92 Å². The summed E-state index contributed by atoms with van der Waals surface area (Å²) in [5.74, 6) is -0.464. The van der Waals surface area contributed by atoms with E-state index in [0.29, 0.717) is 0 Å². The van der Waals surface area contributed by atoms with E-state index in [1.54, 1.807) is 48.5 Å². The molecule has 0 aliphatic carbocycles. The maximum atomic E-state index is 12.3. The van der Waals surface area contributed by atoms with Gasteiger partial charge in [-0.2, -0.15) is 0 Å². The number of hydrogen-bond donors (Lipinski definition) is 1. The van der Waals surface area contributed by atoms with Crippen LogP contribution in [0, 0.1) is 6.92 Å². The molecule has 0 aromatic heterocycles. The summed E-state index contributed by atoms with van der Waals surface area (Å²) < 4.78 is 32.3. The van der Waals surface area contributed by atoms with Crippen molar-refractivity contribution in [3.63, 3.8) is 0 Å². The Labute approximate surface area is 136 Å². The zero-order chi connectivity index (χ0) is 16.9. The summed E-state index contributed by atoms with van der Waals surface area (Å²) in [5.41, 5.74) is 1.71. The fraction of sp³-hybridized carbons (Fsp3) is 0.235. The highest BCUT2D eigenvalue weighted by Crippen LogP contribution is 2.18. The zero-order valence-electron chi connectivity index (χ0n) is 13.0. The van der Waals surface area contributed by atoms with Crippen LogP contribution in [-0.4, -0.2) is 20.9 Å². The molecule has 122 valence electrons. The molecule has 2 aromatic rings. The van der Waals surface area contributed by atoms with Crippen molar-refractivity contribution in [2.75, 3.05) is 6.54 Å². The summed E-state index contributed by atoms with van der Waals surface area (Å²) in [5, 5.41) is 0.